The number of carbonyl (C=O) groups is 1. The maximum absolute atomic E-state index is 12.4. The zero-order valence-corrected chi connectivity index (χ0v) is 33.2. The monoisotopic (exact) mass is 740 g/mol. The molecule has 4 atom stereocenters. The highest BCUT2D eigenvalue weighted by molar-refractivity contribution is 7.47. The SMILES string of the molecule is CCCCC/C=C\CC1OC1C/C=C\C/C=C\CCCC(=O)OC[C@H](COP(=O)(O)OCCN)O/C=C/CCCCCCCCCCCCCC. The molecule has 51 heavy (non-hydrogen) atoms. The van der Waals surface area contributed by atoms with E-state index in [4.69, 9.17) is 29.0 Å². The second-order valence-electron chi connectivity index (χ2n) is 13.6. The van der Waals surface area contributed by atoms with Crippen molar-refractivity contribution in [2.24, 2.45) is 5.73 Å². The van der Waals surface area contributed by atoms with Crippen LogP contribution in [0, 0.1) is 0 Å². The molecule has 0 aromatic carbocycles. The minimum absolute atomic E-state index is 0.0903. The Morgan fingerprint density at radius 3 is 1.90 bits per heavy atom. The quantitative estimate of drug-likeness (QED) is 0.0160. The standard InChI is InChI=1S/C41H74NO8P/c1-3-5-7-9-11-12-13-14-15-16-17-21-25-29-34-46-38(37-49-51(44,45)48-35-33-42)36-47-41(43)32-28-24-20-18-19-23-27-31-40-39(50-40)30-26-22-10-8-6-4-2/h18,20,22-23,26-27,29,34,38-40H,3-17,19,21,24-25,28,30-33,35-37,42H2,1-2H3,(H,44,45)/b20-18-,26-22-,27-23-,34-29+/t38-,39?,40?/m1/s1. The van der Waals surface area contributed by atoms with Gasteiger partial charge in [-0.3, -0.25) is 13.8 Å². The molecular weight excluding hydrogens is 665 g/mol. The molecular formula is C41H74NO8P. The van der Waals surface area contributed by atoms with Crippen molar-refractivity contribution in [2.75, 3.05) is 26.4 Å². The second kappa shape index (κ2) is 34.1. The molecule has 0 radical (unpaired) electrons. The number of hydrogen-bond donors (Lipinski definition) is 2. The Morgan fingerprint density at radius 1 is 0.706 bits per heavy atom. The Labute approximate surface area is 311 Å². The van der Waals surface area contributed by atoms with E-state index in [2.05, 4.69) is 50.3 Å². The Bertz CT molecular complexity index is 985. The average molecular weight is 740 g/mol. The topological polar surface area (TPSA) is 130 Å². The molecule has 0 amide bonds. The third-order valence-electron chi connectivity index (χ3n) is 8.74. The molecule has 3 unspecified atom stereocenters. The van der Waals surface area contributed by atoms with E-state index in [1.165, 1.54) is 96.3 Å². The van der Waals surface area contributed by atoms with E-state index in [1.54, 1.807) is 6.26 Å². The van der Waals surface area contributed by atoms with Gasteiger partial charge in [0.15, 0.2) is 6.10 Å². The molecule has 1 heterocycles. The van der Waals surface area contributed by atoms with Crippen LogP contribution in [0.5, 0.6) is 0 Å². The number of allylic oxidation sites excluding steroid dienone is 5. The Kier molecular flexibility index (Phi) is 31.6. The molecule has 0 aliphatic carbocycles. The van der Waals surface area contributed by atoms with Crippen molar-refractivity contribution in [1.29, 1.82) is 0 Å². The third kappa shape index (κ3) is 31.5. The normalized spacial score (nSPS) is 18.0. The van der Waals surface area contributed by atoms with Crippen LogP contribution in [-0.4, -0.2) is 55.5 Å². The summed E-state index contributed by atoms with van der Waals surface area (Å²) in [5, 5.41) is 0. The predicted molar refractivity (Wildman–Crippen MR) is 209 cm³/mol. The number of phosphoric acid groups is 1. The van der Waals surface area contributed by atoms with E-state index in [0.717, 1.165) is 38.5 Å². The highest BCUT2D eigenvalue weighted by atomic mass is 31.2. The molecule has 0 spiro atoms. The number of carbonyl (C=O) groups excluding carboxylic acids is 1. The number of hydrogen-bond acceptors (Lipinski definition) is 8. The van der Waals surface area contributed by atoms with E-state index in [9.17, 15) is 14.3 Å². The molecule has 1 fully saturated rings. The van der Waals surface area contributed by atoms with Crippen LogP contribution in [-0.2, 0) is 32.6 Å². The molecule has 0 aromatic rings. The van der Waals surface area contributed by atoms with Crippen molar-refractivity contribution in [1.82, 2.24) is 0 Å². The number of rotatable bonds is 37. The maximum Gasteiger partial charge on any atom is 0.472 e. The fourth-order valence-corrected chi connectivity index (χ4v) is 6.31. The van der Waals surface area contributed by atoms with Gasteiger partial charge < -0.3 is 24.8 Å². The molecule has 10 heteroatoms. The molecule has 1 aliphatic rings. The van der Waals surface area contributed by atoms with Crippen molar-refractivity contribution in [3.63, 3.8) is 0 Å². The number of esters is 1. The lowest BCUT2D eigenvalue weighted by molar-refractivity contribution is -0.147. The fourth-order valence-electron chi connectivity index (χ4n) is 5.54. The summed E-state index contributed by atoms with van der Waals surface area (Å²) in [6, 6.07) is 0. The van der Waals surface area contributed by atoms with Crippen molar-refractivity contribution in [3.8, 4) is 0 Å². The Hall–Kier alpha value is -1.74. The zero-order valence-electron chi connectivity index (χ0n) is 32.3. The molecule has 1 rings (SSSR count). The second-order valence-corrected chi connectivity index (χ2v) is 15.1. The van der Waals surface area contributed by atoms with Crippen molar-refractivity contribution in [2.45, 2.75) is 180 Å². The first-order valence-corrected chi connectivity index (χ1v) is 21.8. The first kappa shape index (κ1) is 47.3. The number of unbranched alkanes of at least 4 members (excludes halogenated alkanes) is 16. The first-order chi connectivity index (χ1) is 24.9. The highest BCUT2D eigenvalue weighted by Crippen LogP contribution is 2.43. The highest BCUT2D eigenvalue weighted by Gasteiger charge is 2.36. The summed E-state index contributed by atoms with van der Waals surface area (Å²) >= 11 is 0. The summed E-state index contributed by atoms with van der Waals surface area (Å²) in [5.41, 5.74) is 5.35. The molecule has 3 N–H and O–H groups in total. The summed E-state index contributed by atoms with van der Waals surface area (Å²) in [7, 11) is -4.28. The summed E-state index contributed by atoms with van der Waals surface area (Å²) in [6.45, 7) is 4.10. The number of ether oxygens (including phenoxy) is 3. The lowest BCUT2D eigenvalue weighted by atomic mass is 10.0. The Morgan fingerprint density at radius 2 is 1.24 bits per heavy atom. The van der Waals surface area contributed by atoms with Gasteiger partial charge in [0.25, 0.3) is 0 Å². The molecule has 296 valence electrons. The molecule has 1 saturated heterocycles. The summed E-state index contributed by atoms with van der Waals surface area (Å²) in [5.74, 6) is -0.348. The summed E-state index contributed by atoms with van der Waals surface area (Å²) in [4.78, 5) is 22.2. The van der Waals surface area contributed by atoms with Gasteiger partial charge in [0.2, 0.25) is 0 Å². The minimum atomic E-state index is -4.28. The van der Waals surface area contributed by atoms with E-state index < -0.39 is 13.9 Å². The van der Waals surface area contributed by atoms with Gasteiger partial charge in [-0.2, -0.15) is 0 Å². The fraction of sp³-hybridized carbons (Fsp3) is 0.780. The van der Waals surface area contributed by atoms with Crippen LogP contribution >= 0.6 is 7.82 Å². The van der Waals surface area contributed by atoms with Gasteiger partial charge in [-0.1, -0.05) is 134 Å². The van der Waals surface area contributed by atoms with Gasteiger partial charge in [-0.05, 0) is 63.9 Å². The summed E-state index contributed by atoms with van der Waals surface area (Å²) < 4.78 is 38.8. The zero-order chi connectivity index (χ0) is 37.1. The van der Waals surface area contributed by atoms with E-state index in [-0.39, 0.29) is 38.8 Å². The summed E-state index contributed by atoms with van der Waals surface area (Å²) in [6.07, 6.45) is 42.6. The van der Waals surface area contributed by atoms with Gasteiger partial charge in [-0.25, -0.2) is 4.57 Å². The lowest BCUT2D eigenvalue weighted by Crippen LogP contribution is -2.25. The number of phosphoric ester groups is 1. The van der Waals surface area contributed by atoms with Gasteiger partial charge >= 0.3 is 13.8 Å². The predicted octanol–water partition coefficient (Wildman–Crippen LogP) is 11.0. The number of nitrogens with two attached hydrogens (primary N) is 1. The maximum atomic E-state index is 12.4. The van der Waals surface area contributed by atoms with Crippen molar-refractivity contribution >= 4 is 13.8 Å². The van der Waals surface area contributed by atoms with E-state index in [1.807, 2.05) is 6.08 Å². The van der Waals surface area contributed by atoms with Gasteiger partial charge in [0, 0.05) is 13.0 Å². The van der Waals surface area contributed by atoms with Crippen LogP contribution in [0.2, 0.25) is 0 Å². The van der Waals surface area contributed by atoms with E-state index in [0.29, 0.717) is 18.6 Å². The Balaban J connectivity index is 2.21. The number of epoxide rings is 1. The van der Waals surface area contributed by atoms with Crippen LogP contribution in [0.3, 0.4) is 0 Å². The van der Waals surface area contributed by atoms with Gasteiger partial charge in [0.1, 0.15) is 6.61 Å². The molecule has 9 nitrogen and oxygen atoms in total. The smallest absolute Gasteiger partial charge is 0.472 e. The lowest BCUT2D eigenvalue weighted by Gasteiger charge is -2.19. The van der Waals surface area contributed by atoms with Crippen LogP contribution < -0.4 is 5.73 Å². The molecule has 1 aliphatic heterocycles. The molecule has 0 saturated carbocycles. The average Bonchev–Trinajstić information content (AvgIpc) is 3.88. The van der Waals surface area contributed by atoms with Crippen LogP contribution in [0.25, 0.3) is 0 Å². The van der Waals surface area contributed by atoms with Crippen molar-refractivity contribution in [3.05, 3.63) is 48.8 Å². The van der Waals surface area contributed by atoms with Crippen LogP contribution in [0.4, 0.5) is 0 Å². The third-order valence-corrected chi connectivity index (χ3v) is 9.72. The van der Waals surface area contributed by atoms with Crippen LogP contribution in [0.15, 0.2) is 48.8 Å². The van der Waals surface area contributed by atoms with Gasteiger partial charge in [-0.15, -0.1) is 0 Å². The van der Waals surface area contributed by atoms with Crippen molar-refractivity contribution < 1.29 is 37.5 Å². The largest absolute Gasteiger partial charge is 0.492 e. The molecule has 0 aromatic heterocycles. The van der Waals surface area contributed by atoms with Crippen LogP contribution in [0.1, 0.15) is 162 Å². The minimum Gasteiger partial charge on any atom is -0.492 e. The first-order valence-electron chi connectivity index (χ1n) is 20.3. The molecule has 0 bridgehead atoms. The van der Waals surface area contributed by atoms with Gasteiger partial charge in [0.05, 0.1) is 31.7 Å². The van der Waals surface area contributed by atoms with E-state index >= 15 is 0 Å².